The van der Waals surface area contributed by atoms with E-state index in [1.807, 2.05) is 6.07 Å². The molecule has 0 unspecified atom stereocenters. The Hall–Kier alpha value is -1.86. The van der Waals surface area contributed by atoms with Crippen molar-refractivity contribution < 1.29 is 14.3 Å². The summed E-state index contributed by atoms with van der Waals surface area (Å²) < 4.78 is 9.72. The number of hydrogen-bond donors (Lipinski definition) is 0. The van der Waals surface area contributed by atoms with Gasteiger partial charge < -0.3 is 9.47 Å². The molecule has 1 aromatic rings. The van der Waals surface area contributed by atoms with Crippen LogP contribution in [0.4, 0.5) is 0 Å². The molecule has 1 aromatic carbocycles. The van der Waals surface area contributed by atoms with Crippen molar-refractivity contribution >= 4 is 5.97 Å². The first-order valence-corrected chi connectivity index (χ1v) is 5.59. The van der Waals surface area contributed by atoms with E-state index in [0.717, 1.165) is 18.8 Å². The summed E-state index contributed by atoms with van der Waals surface area (Å²) in [6.07, 6.45) is 2.56. The van der Waals surface area contributed by atoms with Gasteiger partial charge in [0, 0.05) is 18.8 Å². The summed E-state index contributed by atoms with van der Waals surface area (Å²) in [5, 5.41) is 8.56. The zero-order valence-electron chi connectivity index (χ0n) is 9.44. The SMILES string of the molecule is C1CCOC1.N#Cc1ccc2c(c1)COC2=O. The minimum Gasteiger partial charge on any atom is -0.457 e. The summed E-state index contributed by atoms with van der Waals surface area (Å²) in [7, 11) is 0. The molecular weight excluding hydrogens is 218 g/mol. The Balaban J connectivity index is 0.000000181. The minimum absolute atomic E-state index is 0.295. The number of carbonyl (C=O) groups is 1. The molecule has 4 nitrogen and oxygen atoms in total. The van der Waals surface area contributed by atoms with Crippen molar-refractivity contribution in [1.29, 1.82) is 5.26 Å². The Bertz CT molecular complexity index is 451. The van der Waals surface area contributed by atoms with Crippen molar-refractivity contribution in [3.05, 3.63) is 34.9 Å². The fraction of sp³-hybridized carbons (Fsp3) is 0.385. The van der Waals surface area contributed by atoms with E-state index in [9.17, 15) is 4.79 Å². The van der Waals surface area contributed by atoms with Crippen LogP contribution in [0.25, 0.3) is 0 Å². The van der Waals surface area contributed by atoms with E-state index in [1.54, 1.807) is 18.2 Å². The van der Waals surface area contributed by atoms with E-state index in [0.29, 0.717) is 17.7 Å². The van der Waals surface area contributed by atoms with Crippen LogP contribution in [0.1, 0.15) is 34.3 Å². The normalized spacial score (nSPS) is 16.5. The maximum absolute atomic E-state index is 11.0. The highest BCUT2D eigenvalue weighted by Crippen LogP contribution is 2.20. The zero-order chi connectivity index (χ0) is 12.1. The van der Waals surface area contributed by atoms with Gasteiger partial charge in [0.05, 0.1) is 17.2 Å². The molecule has 1 fully saturated rings. The van der Waals surface area contributed by atoms with Crippen LogP contribution in [0.5, 0.6) is 0 Å². The summed E-state index contributed by atoms with van der Waals surface area (Å²) >= 11 is 0. The van der Waals surface area contributed by atoms with Gasteiger partial charge in [0.15, 0.2) is 0 Å². The minimum atomic E-state index is -0.297. The lowest BCUT2D eigenvalue weighted by molar-refractivity contribution is 0.0535. The van der Waals surface area contributed by atoms with Crippen LogP contribution < -0.4 is 0 Å². The van der Waals surface area contributed by atoms with Gasteiger partial charge >= 0.3 is 5.97 Å². The number of ether oxygens (including phenoxy) is 2. The monoisotopic (exact) mass is 231 g/mol. The van der Waals surface area contributed by atoms with E-state index < -0.39 is 0 Å². The molecule has 0 amide bonds. The van der Waals surface area contributed by atoms with Crippen LogP contribution >= 0.6 is 0 Å². The first-order valence-electron chi connectivity index (χ1n) is 5.59. The maximum atomic E-state index is 11.0. The van der Waals surface area contributed by atoms with Gasteiger partial charge in [-0.1, -0.05) is 0 Å². The van der Waals surface area contributed by atoms with E-state index in [-0.39, 0.29) is 5.97 Å². The molecule has 0 spiro atoms. The van der Waals surface area contributed by atoms with Gasteiger partial charge in [-0.25, -0.2) is 4.79 Å². The molecule has 2 aliphatic rings. The first-order chi connectivity index (χ1) is 8.31. The standard InChI is InChI=1S/C9H5NO2.C4H8O/c10-4-6-1-2-8-7(3-6)5-12-9(8)11;1-2-4-5-3-1/h1-3H,5H2;1-4H2. The lowest BCUT2D eigenvalue weighted by Gasteiger charge is -1.92. The van der Waals surface area contributed by atoms with Gasteiger partial charge in [0.2, 0.25) is 0 Å². The predicted molar refractivity (Wildman–Crippen MR) is 60.3 cm³/mol. The third-order valence-corrected chi connectivity index (χ3v) is 2.64. The number of carbonyl (C=O) groups excluding carboxylic acids is 1. The Labute approximate surface area is 99.8 Å². The summed E-state index contributed by atoms with van der Waals surface area (Å²) in [6.45, 7) is 2.30. The number of nitrogens with zero attached hydrogens (tertiary/aromatic N) is 1. The number of hydrogen-bond acceptors (Lipinski definition) is 4. The van der Waals surface area contributed by atoms with Gasteiger partial charge in [0.1, 0.15) is 6.61 Å². The Kier molecular flexibility index (Phi) is 3.73. The molecule has 0 aliphatic carbocycles. The Morgan fingerprint density at radius 1 is 1.24 bits per heavy atom. The summed E-state index contributed by atoms with van der Waals surface area (Å²) in [5.41, 5.74) is 1.94. The van der Waals surface area contributed by atoms with Gasteiger partial charge in [-0.3, -0.25) is 0 Å². The first kappa shape index (κ1) is 11.6. The van der Waals surface area contributed by atoms with Crippen LogP contribution in [0.2, 0.25) is 0 Å². The average Bonchev–Trinajstić information content (AvgIpc) is 3.02. The molecule has 88 valence electrons. The summed E-state index contributed by atoms with van der Waals surface area (Å²) in [5.74, 6) is -0.297. The number of nitriles is 1. The Morgan fingerprint density at radius 3 is 2.59 bits per heavy atom. The molecule has 0 saturated carbocycles. The van der Waals surface area contributed by atoms with Crippen molar-refractivity contribution in [1.82, 2.24) is 0 Å². The number of rotatable bonds is 0. The van der Waals surface area contributed by atoms with Gasteiger partial charge in [0.25, 0.3) is 0 Å². The van der Waals surface area contributed by atoms with Gasteiger partial charge in [-0.05, 0) is 31.0 Å². The van der Waals surface area contributed by atoms with Crippen molar-refractivity contribution in [3.8, 4) is 6.07 Å². The molecule has 0 radical (unpaired) electrons. The Morgan fingerprint density at radius 2 is 2.00 bits per heavy atom. The highest BCUT2D eigenvalue weighted by atomic mass is 16.5. The second-order valence-corrected chi connectivity index (χ2v) is 3.88. The highest BCUT2D eigenvalue weighted by Gasteiger charge is 2.20. The second-order valence-electron chi connectivity index (χ2n) is 3.88. The molecular formula is C13H13NO3. The average molecular weight is 231 g/mol. The molecule has 17 heavy (non-hydrogen) atoms. The van der Waals surface area contributed by atoms with E-state index >= 15 is 0 Å². The van der Waals surface area contributed by atoms with Crippen molar-refractivity contribution in [2.75, 3.05) is 13.2 Å². The summed E-state index contributed by atoms with van der Waals surface area (Å²) in [6, 6.07) is 6.93. The third-order valence-electron chi connectivity index (χ3n) is 2.64. The second kappa shape index (κ2) is 5.46. The maximum Gasteiger partial charge on any atom is 0.338 e. The molecule has 2 aliphatic heterocycles. The largest absolute Gasteiger partial charge is 0.457 e. The number of fused-ring (bicyclic) bond motifs is 1. The van der Waals surface area contributed by atoms with Crippen LogP contribution in [0.15, 0.2) is 18.2 Å². The lowest BCUT2D eigenvalue weighted by atomic mass is 10.1. The topological polar surface area (TPSA) is 59.3 Å². The molecule has 1 saturated heterocycles. The number of cyclic esters (lactones) is 1. The molecule has 0 bridgehead atoms. The van der Waals surface area contributed by atoms with E-state index in [4.69, 9.17) is 14.7 Å². The van der Waals surface area contributed by atoms with Gasteiger partial charge in [-0.15, -0.1) is 0 Å². The fourth-order valence-corrected chi connectivity index (χ4v) is 1.71. The van der Waals surface area contributed by atoms with E-state index in [2.05, 4.69) is 0 Å². The van der Waals surface area contributed by atoms with Crippen LogP contribution in [-0.2, 0) is 16.1 Å². The van der Waals surface area contributed by atoms with Crippen molar-refractivity contribution in [2.45, 2.75) is 19.4 Å². The number of benzene rings is 1. The van der Waals surface area contributed by atoms with Crippen LogP contribution in [0, 0.1) is 11.3 Å². The summed E-state index contributed by atoms with van der Waals surface area (Å²) in [4.78, 5) is 11.0. The smallest absolute Gasteiger partial charge is 0.338 e. The fourth-order valence-electron chi connectivity index (χ4n) is 1.71. The van der Waals surface area contributed by atoms with E-state index in [1.165, 1.54) is 12.8 Å². The highest BCUT2D eigenvalue weighted by molar-refractivity contribution is 5.93. The van der Waals surface area contributed by atoms with Crippen LogP contribution in [-0.4, -0.2) is 19.2 Å². The molecule has 2 heterocycles. The molecule has 4 heteroatoms. The lowest BCUT2D eigenvalue weighted by Crippen LogP contribution is -1.92. The van der Waals surface area contributed by atoms with Gasteiger partial charge in [-0.2, -0.15) is 5.26 Å². The zero-order valence-corrected chi connectivity index (χ0v) is 9.44. The molecule has 0 aromatic heterocycles. The third kappa shape index (κ3) is 2.83. The van der Waals surface area contributed by atoms with Crippen molar-refractivity contribution in [2.24, 2.45) is 0 Å². The molecule has 3 rings (SSSR count). The van der Waals surface area contributed by atoms with Crippen LogP contribution in [0.3, 0.4) is 0 Å². The molecule has 0 atom stereocenters. The number of esters is 1. The predicted octanol–water partition coefficient (Wildman–Crippen LogP) is 2.03. The quantitative estimate of drug-likeness (QED) is 0.641. The van der Waals surface area contributed by atoms with Crippen molar-refractivity contribution in [3.63, 3.8) is 0 Å². The molecule has 0 N–H and O–H groups in total.